The molecule has 0 amide bonds. The highest BCUT2D eigenvalue weighted by Gasteiger charge is 2.31. The van der Waals surface area contributed by atoms with Gasteiger partial charge in [0.05, 0.1) is 6.20 Å². The van der Waals surface area contributed by atoms with Gasteiger partial charge in [-0.1, -0.05) is 0 Å². The van der Waals surface area contributed by atoms with Crippen LogP contribution in [0.4, 0.5) is 13.2 Å². The Morgan fingerprint density at radius 2 is 1.89 bits per heavy atom. The van der Waals surface area contributed by atoms with Crippen molar-refractivity contribution in [2.45, 2.75) is 6.36 Å². The minimum Gasteiger partial charge on any atom is -0.475 e. The van der Waals surface area contributed by atoms with Gasteiger partial charge in [0.1, 0.15) is 5.75 Å². The lowest BCUT2D eigenvalue weighted by molar-refractivity contribution is -0.274. The van der Waals surface area contributed by atoms with Crippen LogP contribution < -0.4 is 4.74 Å². The molecule has 19 heavy (non-hydrogen) atoms. The zero-order valence-corrected chi connectivity index (χ0v) is 9.14. The minimum absolute atomic E-state index is 0.00374. The molecule has 0 aliphatic heterocycles. The van der Waals surface area contributed by atoms with Crippen LogP contribution in [-0.4, -0.2) is 22.4 Å². The predicted molar refractivity (Wildman–Crippen MR) is 55.6 cm³/mol. The van der Waals surface area contributed by atoms with Gasteiger partial charge in [0, 0.05) is 5.56 Å². The van der Waals surface area contributed by atoms with Gasteiger partial charge in [-0.15, -0.1) is 13.2 Å². The average molecular weight is 273 g/mol. The van der Waals surface area contributed by atoms with Crippen LogP contribution in [0.1, 0.15) is 10.6 Å². The molecule has 100 valence electrons. The SMILES string of the molecule is O=C(O)c1cnc(-c2ccc(OC(F)(F)F)cc2)o1. The first-order valence-electron chi connectivity index (χ1n) is 4.90. The maximum absolute atomic E-state index is 11.9. The number of nitrogens with zero attached hydrogens (tertiary/aromatic N) is 1. The summed E-state index contributed by atoms with van der Waals surface area (Å²) in [5.41, 5.74) is 0.335. The van der Waals surface area contributed by atoms with E-state index in [0.717, 1.165) is 18.3 Å². The van der Waals surface area contributed by atoms with Gasteiger partial charge in [-0.3, -0.25) is 0 Å². The van der Waals surface area contributed by atoms with Gasteiger partial charge in [0.2, 0.25) is 11.7 Å². The molecule has 1 aromatic heterocycles. The van der Waals surface area contributed by atoms with Gasteiger partial charge in [-0.05, 0) is 24.3 Å². The second-order valence-electron chi connectivity index (χ2n) is 3.41. The second kappa shape index (κ2) is 4.63. The number of alkyl halides is 3. The maximum atomic E-state index is 11.9. The molecule has 1 aromatic carbocycles. The summed E-state index contributed by atoms with van der Waals surface area (Å²) in [6.45, 7) is 0. The molecule has 0 saturated heterocycles. The molecular weight excluding hydrogens is 267 g/mol. The van der Waals surface area contributed by atoms with Crippen molar-refractivity contribution in [3.8, 4) is 17.2 Å². The van der Waals surface area contributed by atoms with E-state index in [2.05, 4.69) is 9.72 Å². The van der Waals surface area contributed by atoms with E-state index in [1.807, 2.05) is 0 Å². The Bertz CT molecular complexity index is 589. The number of carboxylic acids is 1. The average Bonchev–Trinajstić information content (AvgIpc) is 2.77. The van der Waals surface area contributed by atoms with E-state index in [0.29, 0.717) is 5.56 Å². The number of rotatable bonds is 3. The van der Waals surface area contributed by atoms with E-state index in [9.17, 15) is 18.0 Å². The molecule has 5 nitrogen and oxygen atoms in total. The van der Waals surface area contributed by atoms with Crippen LogP contribution in [0.2, 0.25) is 0 Å². The first-order valence-corrected chi connectivity index (χ1v) is 4.90. The summed E-state index contributed by atoms with van der Waals surface area (Å²) >= 11 is 0. The number of aromatic nitrogens is 1. The molecule has 0 aliphatic rings. The molecule has 2 aromatic rings. The molecule has 0 aliphatic carbocycles. The van der Waals surface area contributed by atoms with Crippen molar-refractivity contribution in [3.05, 3.63) is 36.2 Å². The Morgan fingerprint density at radius 1 is 1.26 bits per heavy atom. The van der Waals surface area contributed by atoms with Crippen LogP contribution in [0.5, 0.6) is 5.75 Å². The molecule has 1 N–H and O–H groups in total. The van der Waals surface area contributed by atoms with Gasteiger partial charge < -0.3 is 14.3 Å². The van der Waals surface area contributed by atoms with Gasteiger partial charge in [-0.2, -0.15) is 0 Å². The van der Waals surface area contributed by atoms with Crippen LogP contribution in [0.15, 0.2) is 34.9 Å². The third-order valence-corrected chi connectivity index (χ3v) is 2.05. The molecular formula is C11H6F3NO4. The summed E-state index contributed by atoms with van der Waals surface area (Å²) in [6.07, 6.45) is -3.75. The summed E-state index contributed by atoms with van der Waals surface area (Å²) in [5, 5.41) is 8.64. The molecule has 0 saturated carbocycles. The molecule has 0 unspecified atom stereocenters. The predicted octanol–water partition coefficient (Wildman–Crippen LogP) is 2.94. The highest BCUT2D eigenvalue weighted by molar-refractivity contribution is 5.84. The Balaban J connectivity index is 2.20. The number of ether oxygens (including phenoxy) is 1. The van der Waals surface area contributed by atoms with E-state index in [1.54, 1.807) is 0 Å². The Morgan fingerprint density at radius 3 is 2.37 bits per heavy atom. The standard InChI is InChI=1S/C11H6F3NO4/c12-11(13,14)19-7-3-1-6(2-4-7)9-15-5-8(18-9)10(16)17/h1-5H,(H,16,17). The Labute approximate surface area is 104 Å². The van der Waals surface area contributed by atoms with E-state index in [4.69, 9.17) is 9.52 Å². The molecule has 0 fully saturated rings. The fraction of sp³-hybridized carbons (Fsp3) is 0.0909. The zero-order valence-electron chi connectivity index (χ0n) is 9.14. The van der Waals surface area contributed by atoms with Crippen molar-refractivity contribution < 1.29 is 32.2 Å². The van der Waals surface area contributed by atoms with Crippen molar-refractivity contribution in [1.82, 2.24) is 4.98 Å². The summed E-state index contributed by atoms with van der Waals surface area (Å²) in [4.78, 5) is 14.3. The van der Waals surface area contributed by atoms with Crippen LogP contribution in [0.3, 0.4) is 0 Å². The van der Waals surface area contributed by atoms with Crippen molar-refractivity contribution in [2.24, 2.45) is 0 Å². The van der Waals surface area contributed by atoms with Crippen LogP contribution in [-0.2, 0) is 0 Å². The summed E-state index contributed by atoms with van der Waals surface area (Å²) < 4.78 is 44.4. The van der Waals surface area contributed by atoms with Crippen LogP contribution in [0.25, 0.3) is 11.5 Å². The zero-order chi connectivity index (χ0) is 14.0. The van der Waals surface area contributed by atoms with Gasteiger partial charge in [0.25, 0.3) is 0 Å². The lowest BCUT2D eigenvalue weighted by atomic mass is 10.2. The van der Waals surface area contributed by atoms with Crippen LogP contribution >= 0.6 is 0 Å². The molecule has 8 heteroatoms. The first-order chi connectivity index (χ1) is 8.85. The van der Waals surface area contributed by atoms with E-state index in [1.165, 1.54) is 12.1 Å². The van der Waals surface area contributed by atoms with Crippen molar-refractivity contribution in [1.29, 1.82) is 0 Å². The Kier molecular flexibility index (Phi) is 3.16. The summed E-state index contributed by atoms with van der Waals surface area (Å²) in [5.74, 6) is -2.03. The fourth-order valence-corrected chi connectivity index (χ4v) is 1.31. The number of aromatic carboxylic acids is 1. The lowest BCUT2D eigenvalue weighted by Gasteiger charge is -2.08. The number of carbonyl (C=O) groups is 1. The molecule has 0 radical (unpaired) electrons. The molecule has 1 heterocycles. The van der Waals surface area contributed by atoms with Crippen molar-refractivity contribution in [2.75, 3.05) is 0 Å². The highest BCUT2D eigenvalue weighted by Crippen LogP contribution is 2.26. The molecule has 2 rings (SSSR count). The number of carboxylic acid groups (broad SMARTS) is 1. The van der Waals surface area contributed by atoms with Crippen molar-refractivity contribution in [3.63, 3.8) is 0 Å². The monoisotopic (exact) mass is 273 g/mol. The van der Waals surface area contributed by atoms with Crippen molar-refractivity contribution >= 4 is 5.97 Å². The van der Waals surface area contributed by atoms with E-state index < -0.39 is 12.3 Å². The smallest absolute Gasteiger partial charge is 0.475 e. The Hall–Kier alpha value is -2.51. The largest absolute Gasteiger partial charge is 0.573 e. The number of oxazole rings is 1. The molecule has 0 spiro atoms. The molecule has 0 atom stereocenters. The number of hydrogen-bond acceptors (Lipinski definition) is 4. The van der Waals surface area contributed by atoms with Gasteiger partial charge in [-0.25, -0.2) is 9.78 Å². The topological polar surface area (TPSA) is 72.6 Å². The number of hydrogen-bond donors (Lipinski definition) is 1. The number of halogens is 3. The normalized spacial score (nSPS) is 11.3. The summed E-state index contributed by atoms with van der Waals surface area (Å²) in [7, 11) is 0. The second-order valence-corrected chi connectivity index (χ2v) is 3.41. The number of benzene rings is 1. The lowest BCUT2D eigenvalue weighted by Crippen LogP contribution is -2.16. The van der Waals surface area contributed by atoms with Crippen LogP contribution in [0, 0.1) is 0 Å². The van der Waals surface area contributed by atoms with E-state index in [-0.39, 0.29) is 17.4 Å². The minimum atomic E-state index is -4.76. The van der Waals surface area contributed by atoms with E-state index >= 15 is 0 Å². The third-order valence-electron chi connectivity index (χ3n) is 2.05. The fourth-order valence-electron chi connectivity index (χ4n) is 1.31. The third kappa shape index (κ3) is 3.24. The van der Waals surface area contributed by atoms with Gasteiger partial charge >= 0.3 is 12.3 Å². The quantitative estimate of drug-likeness (QED) is 0.930. The highest BCUT2D eigenvalue weighted by atomic mass is 19.4. The van der Waals surface area contributed by atoms with Gasteiger partial charge in [0.15, 0.2) is 0 Å². The maximum Gasteiger partial charge on any atom is 0.573 e. The summed E-state index contributed by atoms with van der Waals surface area (Å²) in [6, 6.07) is 4.71. The first kappa shape index (κ1) is 12.9. The molecule has 0 bridgehead atoms.